The average Bonchev–Trinajstić information content (AvgIpc) is 2.32. The molecule has 0 bridgehead atoms. The van der Waals surface area contributed by atoms with E-state index in [0.29, 0.717) is 10.0 Å². The van der Waals surface area contributed by atoms with Gasteiger partial charge >= 0.3 is 0 Å². The molecule has 0 aliphatic heterocycles. The standard InChI is InChI=1S/C13H10BrFN2OS/c1-7-4-5-17-13(11(7)12(16)19)18-10-3-2-8(14)6-9(10)15/h2-6H,1H3,(H2,16,19). The zero-order chi connectivity index (χ0) is 14.0. The van der Waals surface area contributed by atoms with Crippen molar-refractivity contribution in [2.24, 2.45) is 5.73 Å². The number of rotatable bonds is 3. The Morgan fingerprint density at radius 2 is 2.16 bits per heavy atom. The maximum atomic E-state index is 13.7. The molecule has 19 heavy (non-hydrogen) atoms. The van der Waals surface area contributed by atoms with Crippen molar-refractivity contribution in [3.8, 4) is 11.6 Å². The quantitative estimate of drug-likeness (QED) is 0.865. The lowest BCUT2D eigenvalue weighted by Crippen LogP contribution is -2.13. The molecule has 0 saturated heterocycles. The van der Waals surface area contributed by atoms with Crippen molar-refractivity contribution in [2.75, 3.05) is 0 Å². The molecular formula is C13H10BrFN2OS. The van der Waals surface area contributed by atoms with Gasteiger partial charge in [-0.2, -0.15) is 0 Å². The van der Waals surface area contributed by atoms with Crippen LogP contribution in [0.25, 0.3) is 0 Å². The van der Waals surface area contributed by atoms with Crippen molar-refractivity contribution in [2.45, 2.75) is 6.92 Å². The fourth-order valence-corrected chi connectivity index (χ4v) is 2.15. The summed E-state index contributed by atoms with van der Waals surface area (Å²) in [5.74, 6) is -0.223. The van der Waals surface area contributed by atoms with Crippen LogP contribution in [0.1, 0.15) is 11.1 Å². The molecule has 0 atom stereocenters. The van der Waals surface area contributed by atoms with E-state index in [4.69, 9.17) is 22.7 Å². The minimum atomic E-state index is -0.494. The predicted molar refractivity (Wildman–Crippen MR) is 79.0 cm³/mol. The minimum Gasteiger partial charge on any atom is -0.435 e. The van der Waals surface area contributed by atoms with Gasteiger partial charge in [-0.25, -0.2) is 9.37 Å². The van der Waals surface area contributed by atoms with Crippen molar-refractivity contribution in [3.05, 3.63) is 51.9 Å². The van der Waals surface area contributed by atoms with Gasteiger partial charge in [0.05, 0.1) is 5.56 Å². The number of aromatic nitrogens is 1. The summed E-state index contributed by atoms with van der Waals surface area (Å²) < 4.78 is 19.8. The first-order valence-electron chi connectivity index (χ1n) is 5.37. The number of nitrogens with zero attached hydrogens (tertiary/aromatic N) is 1. The number of hydrogen-bond acceptors (Lipinski definition) is 3. The van der Waals surface area contributed by atoms with Crippen molar-refractivity contribution < 1.29 is 9.13 Å². The van der Waals surface area contributed by atoms with E-state index in [1.54, 1.807) is 18.3 Å². The summed E-state index contributed by atoms with van der Waals surface area (Å²) in [6.07, 6.45) is 1.56. The fourth-order valence-electron chi connectivity index (χ4n) is 1.57. The molecular weight excluding hydrogens is 331 g/mol. The van der Waals surface area contributed by atoms with Gasteiger partial charge in [-0.15, -0.1) is 0 Å². The first-order chi connectivity index (χ1) is 8.99. The normalized spacial score (nSPS) is 10.3. The molecule has 0 aliphatic carbocycles. The van der Waals surface area contributed by atoms with Crippen LogP contribution in [0.3, 0.4) is 0 Å². The highest BCUT2D eigenvalue weighted by atomic mass is 79.9. The Bertz CT molecular complexity index is 649. The number of nitrogens with two attached hydrogens (primary N) is 1. The number of pyridine rings is 1. The Morgan fingerprint density at radius 3 is 2.79 bits per heavy atom. The van der Waals surface area contributed by atoms with Crippen LogP contribution >= 0.6 is 28.1 Å². The first kappa shape index (κ1) is 13.9. The Labute approximate surface area is 123 Å². The van der Waals surface area contributed by atoms with Gasteiger partial charge < -0.3 is 10.5 Å². The lowest BCUT2D eigenvalue weighted by molar-refractivity contribution is 0.426. The van der Waals surface area contributed by atoms with Gasteiger partial charge in [0.15, 0.2) is 11.6 Å². The molecule has 1 aromatic carbocycles. The molecule has 3 nitrogen and oxygen atoms in total. The summed E-state index contributed by atoms with van der Waals surface area (Å²) in [6, 6.07) is 6.26. The Morgan fingerprint density at radius 1 is 1.42 bits per heavy atom. The van der Waals surface area contributed by atoms with E-state index in [2.05, 4.69) is 20.9 Å². The molecule has 2 aromatic rings. The Kier molecular flexibility index (Phi) is 4.11. The van der Waals surface area contributed by atoms with Gasteiger partial charge in [0.25, 0.3) is 0 Å². The number of ether oxygens (including phenoxy) is 1. The summed E-state index contributed by atoms with van der Waals surface area (Å²) in [5, 5.41) is 0. The lowest BCUT2D eigenvalue weighted by Gasteiger charge is -2.11. The summed E-state index contributed by atoms with van der Waals surface area (Å²) in [5.41, 5.74) is 6.98. The highest BCUT2D eigenvalue weighted by Crippen LogP contribution is 2.28. The van der Waals surface area contributed by atoms with Crippen LogP contribution in [0, 0.1) is 12.7 Å². The highest BCUT2D eigenvalue weighted by Gasteiger charge is 2.14. The van der Waals surface area contributed by atoms with Crippen molar-refractivity contribution in [1.82, 2.24) is 4.98 Å². The van der Waals surface area contributed by atoms with Crippen molar-refractivity contribution in [3.63, 3.8) is 0 Å². The second-order valence-corrected chi connectivity index (χ2v) is 5.20. The van der Waals surface area contributed by atoms with E-state index in [-0.39, 0.29) is 16.6 Å². The van der Waals surface area contributed by atoms with Crippen LogP contribution in [0.15, 0.2) is 34.9 Å². The zero-order valence-corrected chi connectivity index (χ0v) is 12.4. The number of hydrogen-bond donors (Lipinski definition) is 1. The molecule has 0 spiro atoms. The van der Waals surface area contributed by atoms with Crippen LogP contribution < -0.4 is 10.5 Å². The molecule has 0 unspecified atom stereocenters. The molecule has 0 amide bonds. The van der Waals surface area contributed by atoms with Gasteiger partial charge in [-0.3, -0.25) is 0 Å². The third-order valence-electron chi connectivity index (χ3n) is 2.47. The third-order valence-corrected chi connectivity index (χ3v) is 3.17. The van der Waals surface area contributed by atoms with Crippen molar-refractivity contribution >= 4 is 33.1 Å². The molecule has 2 rings (SSSR count). The lowest BCUT2D eigenvalue weighted by atomic mass is 10.1. The predicted octanol–water partition coefficient (Wildman–Crippen LogP) is 3.72. The van der Waals surface area contributed by atoms with E-state index >= 15 is 0 Å². The molecule has 0 fully saturated rings. The van der Waals surface area contributed by atoms with E-state index in [1.807, 2.05) is 6.92 Å². The third kappa shape index (κ3) is 3.08. The summed E-state index contributed by atoms with van der Waals surface area (Å²) in [6.45, 7) is 1.83. The maximum Gasteiger partial charge on any atom is 0.229 e. The average molecular weight is 341 g/mol. The smallest absolute Gasteiger partial charge is 0.229 e. The molecule has 1 heterocycles. The molecule has 98 valence electrons. The van der Waals surface area contributed by atoms with Gasteiger partial charge in [0, 0.05) is 10.7 Å². The van der Waals surface area contributed by atoms with E-state index < -0.39 is 5.82 Å². The molecule has 0 aliphatic rings. The Hall–Kier alpha value is -1.53. The fraction of sp³-hybridized carbons (Fsp3) is 0.0769. The van der Waals surface area contributed by atoms with Crippen LogP contribution in [-0.2, 0) is 0 Å². The van der Waals surface area contributed by atoms with Gasteiger partial charge in [0.2, 0.25) is 5.88 Å². The molecule has 0 saturated carbocycles. The topological polar surface area (TPSA) is 48.1 Å². The van der Waals surface area contributed by atoms with Crippen LogP contribution in [-0.4, -0.2) is 9.97 Å². The summed E-state index contributed by atoms with van der Waals surface area (Å²) >= 11 is 8.14. The van der Waals surface area contributed by atoms with Gasteiger partial charge in [-0.1, -0.05) is 28.1 Å². The number of halogens is 2. The molecule has 0 radical (unpaired) electrons. The summed E-state index contributed by atoms with van der Waals surface area (Å²) in [4.78, 5) is 4.22. The van der Waals surface area contributed by atoms with Crippen LogP contribution in [0.5, 0.6) is 11.6 Å². The van der Waals surface area contributed by atoms with E-state index in [0.717, 1.165) is 5.56 Å². The second kappa shape index (κ2) is 5.63. The van der Waals surface area contributed by atoms with Gasteiger partial charge in [-0.05, 0) is 36.8 Å². The largest absolute Gasteiger partial charge is 0.435 e. The van der Waals surface area contributed by atoms with Crippen LogP contribution in [0.4, 0.5) is 4.39 Å². The summed E-state index contributed by atoms with van der Waals surface area (Å²) in [7, 11) is 0. The number of benzene rings is 1. The minimum absolute atomic E-state index is 0.0683. The first-order valence-corrected chi connectivity index (χ1v) is 6.57. The number of aryl methyl sites for hydroxylation is 1. The van der Waals surface area contributed by atoms with Crippen LogP contribution in [0.2, 0.25) is 0 Å². The second-order valence-electron chi connectivity index (χ2n) is 3.85. The number of thiocarbonyl (C=S) groups is 1. The van der Waals surface area contributed by atoms with E-state index in [9.17, 15) is 4.39 Å². The highest BCUT2D eigenvalue weighted by molar-refractivity contribution is 9.10. The van der Waals surface area contributed by atoms with E-state index in [1.165, 1.54) is 12.1 Å². The maximum absolute atomic E-state index is 13.7. The molecule has 6 heteroatoms. The Balaban J connectivity index is 2.44. The SMILES string of the molecule is Cc1ccnc(Oc2ccc(Br)cc2F)c1C(N)=S. The monoisotopic (exact) mass is 340 g/mol. The zero-order valence-electron chi connectivity index (χ0n) is 9.98. The molecule has 2 N–H and O–H groups in total. The molecule has 1 aromatic heterocycles. The van der Waals surface area contributed by atoms with Gasteiger partial charge in [0.1, 0.15) is 4.99 Å². The van der Waals surface area contributed by atoms with Crippen molar-refractivity contribution in [1.29, 1.82) is 0 Å².